The van der Waals surface area contributed by atoms with Crippen LogP contribution >= 0.6 is 0 Å². The van der Waals surface area contributed by atoms with Crippen LogP contribution in [0, 0.1) is 0 Å². The van der Waals surface area contributed by atoms with E-state index in [1.165, 1.54) is 49.6 Å². The summed E-state index contributed by atoms with van der Waals surface area (Å²) in [7, 11) is 0. The lowest BCUT2D eigenvalue weighted by molar-refractivity contribution is -0.156. The Kier molecular flexibility index (Phi) is 17.2. The molecule has 0 spiro atoms. The third-order valence-electron chi connectivity index (χ3n) is 9.06. The largest absolute Gasteiger partial charge is 0.455 e. The molecule has 3 heterocycles. The summed E-state index contributed by atoms with van der Waals surface area (Å²) in [5.41, 5.74) is -2.16. The van der Waals surface area contributed by atoms with Crippen molar-refractivity contribution in [2.45, 2.75) is 167 Å². The number of nitrogens with zero attached hydrogens (tertiary/aromatic N) is 2. The van der Waals surface area contributed by atoms with E-state index in [-0.39, 0.29) is 6.42 Å². The van der Waals surface area contributed by atoms with Crippen LogP contribution in [0.1, 0.15) is 137 Å². The van der Waals surface area contributed by atoms with Gasteiger partial charge in [0.15, 0.2) is 12.3 Å². The number of hydrogen-bond donors (Lipinski definition) is 3. The molecular weight excluding hydrogens is 644 g/mol. The average molecular weight is 705 g/mol. The Morgan fingerprint density at radius 3 is 2.26 bits per heavy atom. The Morgan fingerprint density at radius 2 is 1.64 bits per heavy atom. The highest BCUT2D eigenvalue weighted by atomic mass is 16.6. The Labute approximate surface area is 296 Å². The van der Waals surface area contributed by atoms with E-state index in [0.29, 0.717) is 25.8 Å². The minimum atomic E-state index is -1.23. The fraction of sp³-hybridized carbons (Fsp3) is 0.757. The van der Waals surface area contributed by atoms with Gasteiger partial charge in [-0.3, -0.25) is 28.8 Å². The average Bonchev–Trinajstić information content (AvgIpc) is 3.68. The van der Waals surface area contributed by atoms with Crippen molar-refractivity contribution in [3.05, 3.63) is 45.3 Å². The molecule has 0 bridgehead atoms. The fourth-order valence-electron chi connectivity index (χ4n) is 6.43. The van der Waals surface area contributed by atoms with Crippen LogP contribution in [0.3, 0.4) is 0 Å². The molecule has 2 amide bonds. The van der Waals surface area contributed by atoms with E-state index >= 15 is 0 Å². The predicted octanol–water partition coefficient (Wildman–Crippen LogP) is 5.26. The van der Waals surface area contributed by atoms with Crippen molar-refractivity contribution in [2.75, 3.05) is 13.2 Å². The van der Waals surface area contributed by atoms with Crippen molar-refractivity contribution in [1.82, 2.24) is 19.8 Å². The standard InChI is InChI=1S/C37H60N4O9/c1-5-6-7-8-9-10-11-12-13-14-15-16-17-18-19-22-30(44)49-32-31(28(26-42)48-34(32)41-25-23-29(43)38-35(41)46)39-33(45)27-21-20-24-40(27)36(47)50-37(2,3)4/h12-13,23,25,27-28,31-32,34,42H,5-11,14-22,24,26H2,1-4H3,(H,39,45)(H,38,43,46)/b13-12-/t27-,28+,31-,32+,34+/m0/s1. The number of aliphatic hydroxyl groups is 1. The molecule has 1 aromatic heterocycles. The molecule has 0 radical (unpaired) electrons. The SMILES string of the molecule is CCCCCCCC/C=C\CCCCCCCC(=O)O[C@@H]1[C@@H](NC(=O)[C@@H]2CCCN2C(=O)OC(C)(C)C)[C@@H](CO)O[C@H]1n1ccc(=O)[nH]c1=O. The van der Waals surface area contributed by atoms with E-state index in [9.17, 15) is 29.1 Å². The van der Waals surface area contributed by atoms with Crippen LogP contribution in [-0.2, 0) is 23.8 Å². The first-order valence-electron chi connectivity index (χ1n) is 18.7. The maximum absolute atomic E-state index is 13.6. The van der Waals surface area contributed by atoms with E-state index in [0.717, 1.165) is 49.2 Å². The molecule has 2 aliphatic heterocycles. The maximum Gasteiger partial charge on any atom is 0.410 e. The van der Waals surface area contributed by atoms with Crippen LogP contribution in [0.2, 0.25) is 0 Å². The molecule has 0 aliphatic carbocycles. The number of amides is 2. The number of likely N-dealkylation sites (tertiary alicyclic amines) is 1. The molecule has 50 heavy (non-hydrogen) atoms. The molecule has 5 atom stereocenters. The van der Waals surface area contributed by atoms with Gasteiger partial charge in [-0.25, -0.2) is 9.59 Å². The highest BCUT2D eigenvalue weighted by Gasteiger charge is 2.50. The number of nitrogens with one attached hydrogen (secondary N) is 2. The predicted molar refractivity (Wildman–Crippen MR) is 190 cm³/mol. The molecule has 13 nitrogen and oxygen atoms in total. The van der Waals surface area contributed by atoms with Crippen molar-refractivity contribution < 1.29 is 33.7 Å². The van der Waals surface area contributed by atoms with Crippen LogP contribution in [0.25, 0.3) is 0 Å². The first kappa shape index (κ1) is 41.0. The molecule has 2 fully saturated rings. The van der Waals surface area contributed by atoms with Crippen molar-refractivity contribution in [1.29, 1.82) is 0 Å². The van der Waals surface area contributed by atoms with E-state index in [4.69, 9.17) is 14.2 Å². The highest BCUT2D eigenvalue weighted by Crippen LogP contribution is 2.32. The summed E-state index contributed by atoms with van der Waals surface area (Å²) in [5.74, 6) is -1.05. The summed E-state index contributed by atoms with van der Waals surface area (Å²) in [6.45, 7) is 7.24. The summed E-state index contributed by atoms with van der Waals surface area (Å²) in [4.78, 5) is 67.6. The van der Waals surface area contributed by atoms with Gasteiger partial charge in [0.05, 0.1) is 12.6 Å². The quantitative estimate of drug-likeness (QED) is 0.0931. The molecule has 2 saturated heterocycles. The number of aromatic amines is 1. The van der Waals surface area contributed by atoms with Gasteiger partial charge in [0.1, 0.15) is 17.7 Å². The zero-order valence-electron chi connectivity index (χ0n) is 30.5. The van der Waals surface area contributed by atoms with Gasteiger partial charge in [-0.15, -0.1) is 0 Å². The normalized spacial score (nSPS) is 22.3. The van der Waals surface area contributed by atoms with Crippen molar-refractivity contribution >= 4 is 18.0 Å². The summed E-state index contributed by atoms with van der Waals surface area (Å²) in [5, 5.41) is 13.0. The number of carbonyl (C=O) groups excluding carboxylic acids is 3. The number of unbranched alkanes of at least 4 members (excludes halogenated alkanes) is 11. The number of esters is 1. The lowest BCUT2D eigenvalue weighted by atomic mass is 10.1. The molecule has 3 rings (SSSR count). The fourth-order valence-corrected chi connectivity index (χ4v) is 6.43. The van der Waals surface area contributed by atoms with Crippen LogP contribution in [0.5, 0.6) is 0 Å². The number of allylic oxidation sites excluding steroid dienone is 2. The van der Waals surface area contributed by atoms with Crippen LogP contribution in [0.4, 0.5) is 4.79 Å². The zero-order valence-corrected chi connectivity index (χ0v) is 30.5. The number of aliphatic hydroxyl groups excluding tert-OH is 1. The van der Waals surface area contributed by atoms with Crippen LogP contribution < -0.4 is 16.6 Å². The third kappa shape index (κ3) is 13.4. The summed E-state index contributed by atoms with van der Waals surface area (Å²) in [6.07, 6.45) is 17.4. The van der Waals surface area contributed by atoms with Gasteiger partial charge in [-0.05, 0) is 65.7 Å². The van der Waals surface area contributed by atoms with Gasteiger partial charge in [-0.1, -0.05) is 70.4 Å². The first-order valence-corrected chi connectivity index (χ1v) is 18.7. The smallest absolute Gasteiger partial charge is 0.410 e. The molecule has 1 aromatic rings. The van der Waals surface area contributed by atoms with Crippen molar-refractivity contribution in [3.8, 4) is 0 Å². The second-order valence-electron chi connectivity index (χ2n) is 14.4. The minimum Gasteiger partial charge on any atom is -0.455 e. The summed E-state index contributed by atoms with van der Waals surface area (Å²) < 4.78 is 18.4. The molecule has 2 aliphatic rings. The van der Waals surface area contributed by atoms with Gasteiger partial charge in [0.25, 0.3) is 5.56 Å². The zero-order chi connectivity index (χ0) is 36.5. The number of aromatic nitrogens is 2. The van der Waals surface area contributed by atoms with Crippen molar-refractivity contribution in [2.24, 2.45) is 0 Å². The Morgan fingerprint density at radius 1 is 1.00 bits per heavy atom. The topological polar surface area (TPSA) is 169 Å². The second-order valence-corrected chi connectivity index (χ2v) is 14.4. The monoisotopic (exact) mass is 704 g/mol. The van der Waals surface area contributed by atoms with Crippen LogP contribution in [-0.4, -0.2) is 80.6 Å². The van der Waals surface area contributed by atoms with E-state index in [2.05, 4.69) is 29.4 Å². The second kappa shape index (κ2) is 21.0. The summed E-state index contributed by atoms with van der Waals surface area (Å²) in [6, 6.07) is -0.756. The lowest BCUT2D eigenvalue weighted by Gasteiger charge is -2.30. The molecule has 3 N–H and O–H groups in total. The van der Waals surface area contributed by atoms with Crippen LogP contribution in [0.15, 0.2) is 34.0 Å². The Bertz CT molecular complexity index is 1350. The highest BCUT2D eigenvalue weighted by molar-refractivity contribution is 5.86. The number of ether oxygens (including phenoxy) is 3. The molecule has 0 aromatic carbocycles. The molecule has 0 saturated carbocycles. The molecular formula is C37H60N4O9. The van der Waals surface area contributed by atoms with Gasteiger partial charge in [0.2, 0.25) is 5.91 Å². The first-order chi connectivity index (χ1) is 23.9. The number of rotatable bonds is 20. The number of carbonyl (C=O) groups is 3. The van der Waals surface area contributed by atoms with E-state index in [1.54, 1.807) is 20.8 Å². The molecule has 0 unspecified atom stereocenters. The Balaban J connectivity index is 1.55. The van der Waals surface area contributed by atoms with Gasteiger partial charge < -0.3 is 24.6 Å². The van der Waals surface area contributed by atoms with Gasteiger partial charge >= 0.3 is 17.8 Å². The minimum absolute atomic E-state index is 0.126. The number of H-pyrrole nitrogens is 1. The maximum atomic E-state index is 13.6. The van der Waals surface area contributed by atoms with Crippen molar-refractivity contribution in [3.63, 3.8) is 0 Å². The Hall–Kier alpha value is -3.45. The van der Waals surface area contributed by atoms with Gasteiger partial charge in [-0.2, -0.15) is 0 Å². The number of hydrogen-bond acceptors (Lipinski definition) is 9. The molecule has 13 heteroatoms. The lowest BCUT2D eigenvalue weighted by Crippen LogP contribution is -2.55. The van der Waals surface area contributed by atoms with E-state index < -0.39 is 71.9 Å². The molecule has 282 valence electrons. The van der Waals surface area contributed by atoms with E-state index in [1.807, 2.05) is 0 Å². The third-order valence-corrected chi connectivity index (χ3v) is 9.06. The van der Waals surface area contributed by atoms with Gasteiger partial charge in [0, 0.05) is 25.2 Å². The summed E-state index contributed by atoms with van der Waals surface area (Å²) >= 11 is 0.